The van der Waals surface area contributed by atoms with Gasteiger partial charge in [0.15, 0.2) is 0 Å². The SMILES string of the molecule is COc1cc(C)c(S(=O)(=O)N2CCCCC2COCC(=O)N(C)C(CN2CCCC2)c2ccccc2)c(C)c1. The highest BCUT2D eigenvalue weighted by Crippen LogP contribution is 2.32. The first-order valence-electron chi connectivity index (χ1n) is 14.0. The zero-order chi connectivity index (χ0) is 28.0. The topological polar surface area (TPSA) is 79.4 Å². The van der Waals surface area contributed by atoms with Gasteiger partial charge in [0.2, 0.25) is 15.9 Å². The molecular weight excluding hydrogens is 514 g/mol. The molecule has 0 bridgehead atoms. The molecule has 0 aromatic heterocycles. The number of carbonyl (C=O) groups is 1. The number of hydrogen-bond acceptors (Lipinski definition) is 6. The third-order valence-corrected chi connectivity index (χ3v) is 10.3. The Kier molecular flexibility index (Phi) is 10.0. The van der Waals surface area contributed by atoms with Crippen molar-refractivity contribution in [2.45, 2.75) is 62.9 Å². The summed E-state index contributed by atoms with van der Waals surface area (Å²) in [6.45, 7) is 7.07. The molecule has 4 rings (SSSR count). The van der Waals surface area contributed by atoms with Crippen molar-refractivity contribution in [1.82, 2.24) is 14.1 Å². The predicted molar refractivity (Wildman–Crippen MR) is 152 cm³/mol. The van der Waals surface area contributed by atoms with E-state index in [-0.39, 0.29) is 31.2 Å². The third-order valence-electron chi connectivity index (χ3n) is 8.02. The Morgan fingerprint density at radius 1 is 1.03 bits per heavy atom. The molecule has 2 aromatic rings. The number of ether oxygens (including phenoxy) is 2. The molecule has 0 aliphatic carbocycles. The van der Waals surface area contributed by atoms with E-state index in [0.717, 1.165) is 38.0 Å². The van der Waals surface area contributed by atoms with Crippen LogP contribution in [0.25, 0.3) is 0 Å². The van der Waals surface area contributed by atoms with E-state index < -0.39 is 10.0 Å². The maximum Gasteiger partial charge on any atom is 0.248 e. The van der Waals surface area contributed by atoms with Gasteiger partial charge in [-0.1, -0.05) is 36.8 Å². The van der Waals surface area contributed by atoms with E-state index in [9.17, 15) is 13.2 Å². The number of carbonyl (C=O) groups excluding carboxylic acids is 1. The van der Waals surface area contributed by atoms with Crippen molar-refractivity contribution in [1.29, 1.82) is 0 Å². The quantitative estimate of drug-likeness (QED) is 0.413. The van der Waals surface area contributed by atoms with E-state index in [4.69, 9.17) is 9.47 Å². The predicted octanol–water partition coefficient (Wildman–Crippen LogP) is 4.17. The fraction of sp³-hybridized carbons (Fsp3) is 0.567. The normalized spacial score (nSPS) is 19.6. The fourth-order valence-electron chi connectivity index (χ4n) is 5.90. The first-order valence-corrected chi connectivity index (χ1v) is 15.4. The number of benzene rings is 2. The summed E-state index contributed by atoms with van der Waals surface area (Å²) >= 11 is 0. The molecule has 0 radical (unpaired) electrons. The summed E-state index contributed by atoms with van der Waals surface area (Å²) in [5, 5.41) is 0. The van der Waals surface area contributed by atoms with Gasteiger partial charge in [-0.15, -0.1) is 0 Å². The standard InChI is InChI=1S/C30H43N3O5S/c1-23-18-27(37-4)19-24(2)30(23)39(35,36)33-17-9-8-14-26(33)21-38-22-29(34)31(3)28(20-32-15-10-11-16-32)25-12-6-5-7-13-25/h5-7,12-13,18-19,26,28H,8-11,14-17,20-22H2,1-4H3. The van der Waals surface area contributed by atoms with Gasteiger partial charge in [0.05, 0.1) is 24.7 Å². The van der Waals surface area contributed by atoms with Crippen LogP contribution < -0.4 is 4.74 Å². The molecule has 2 aromatic carbocycles. The van der Waals surface area contributed by atoms with Crippen LogP contribution >= 0.6 is 0 Å². The number of aryl methyl sites for hydroxylation is 2. The molecule has 2 aliphatic heterocycles. The molecule has 9 heteroatoms. The van der Waals surface area contributed by atoms with Crippen molar-refractivity contribution in [3.63, 3.8) is 0 Å². The van der Waals surface area contributed by atoms with Crippen molar-refractivity contribution in [2.24, 2.45) is 0 Å². The lowest BCUT2D eigenvalue weighted by Gasteiger charge is -2.35. The van der Waals surface area contributed by atoms with E-state index in [1.165, 1.54) is 12.8 Å². The number of likely N-dealkylation sites (N-methyl/N-ethyl adjacent to an activating group) is 1. The van der Waals surface area contributed by atoms with E-state index in [1.54, 1.807) is 42.3 Å². The van der Waals surface area contributed by atoms with E-state index in [0.29, 0.717) is 34.7 Å². The molecule has 0 spiro atoms. The highest BCUT2D eigenvalue weighted by Gasteiger charge is 2.36. The zero-order valence-electron chi connectivity index (χ0n) is 23.8. The van der Waals surface area contributed by atoms with Gasteiger partial charge in [0, 0.05) is 26.2 Å². The Bertz CT molecular complexity index is 1190. The molecule has 2 saturated heterocycles. The van der Waals surface area contributed by atoms with Crippen molar-refractivity contribution >= 4 is 15.9 Å². The summed E-state index contributed by atoms with van der Waals surface area (Å²) in [6.07, 6.45) is 4.83. The van der Waals surface area contributed by atoms with Crippen molar-refractivity contribution in [3.8, 4) is 5.75 Å². The second kappa shape index (κ2) is 13.3. The Balaban J connectivity index is 1.42. The second-order valence-electron chi connectivity index (χ2n) is 10.8. The van der Waals surface area contributed by atoms with Gasteiger partial charge in [-0.25, -0.2) is 8.42 Å². The molecule has 2 atom stereocenters. The zero-order valence-corrected chi connectivity index (χ0v) is 24.6. The highest BCUT2D eigenvalue weighted by molar-refractivity contribution is 7.89. The van der Waals surface area contributed by atoms with Gasteiger partial charge >= 0.3 is 0 Å². The Morgan fingerprint density at radius 2 is 1.67 bits per heavy atom. The minimum Gasteiger partial charge on any atom is -0.497 e. The van der Waals surface area contributed by atoms with Crippen molar-refractivity contribution in [2.75, 3.05) is 53.6 Å². The van der Waals surface area contributed by atoms with Gasteiger partial charge in [-0.2, -0.15) is 4.31 Å². The Hall–Kier alpha value is -2.46. The molecule has 2 aliphatic rings. The number of sulfonamides is 1. The number of rotatable bonds is 11. The monoisotopic (exact) mass is 557 g/mol. The van der Waals surface area contributed by atoms with Crippen LogP contribution in [0.15, 0.2) is 47.4 Å². The van der Waals surface area contributed by atoms with Crippen molar-refractivity contribution < 1.29 is 22.7 Å². The average Bonchev–Trinajstić information content (AvgIpc) is 3.45. The Morgan fingerprint density at radius 3 is 2.31 bits per heavy atom. The lowest BCUT2D eigenvalue weighted by molar-refractivity contribution is -0.138. The number of nitrogens with zero attached hydrogens (tertiary/aromatic N) is 3. The lowest BCUT2D eigenvalue weighted by Crippen LogP contribution is -2.47. The van der Waals surface area contributed by atoms with Gasteiger partial charge < -0.3 is 19.3 Å². The summed E-state index contributed by atoms with van der Waals surface area (Å²) in [7, 11) is -0.314. The smallest absolute Gasteiger partial charge is 0.248 e. The van der Waals surface area contributed by atoms with Crippen molar-refractivity contribution in [3.05, 3.63) is 59.2 Å². The van der Waals surface area contributed by atoms with Crippen LogP contribution in [0, 0.1) is 13.8 Å². The molecule has 1 amide bonds. The maximum absolute atomic E-state index is 13.8. The molecule has 0 saturated carbocycles. The third kappa shape index (κ3) is 7.01. The lowest BCUT2D eigenvalue weighted by atomic mass is 10.0. The highest BCUT2D eigenvalue weighted by atomic mass is 32.2. The van der Waals surface area contributed by atoms with Gasteiger partial charge in [-0.3, -0.25) is 4.79 Å². The number of likely N-dealkylation sites (tertiary alicyclic amines) is 1. The maximum atomic E-state index is 13.8. The molecule has 2 heterocycles. The van der Waals surface area contributed by atoms with E-state index in [1.807, 2.05) is 25.2 Å². The summed E-state index contributed by atoms with van der Waals surface area (Å²) in [6, 6.07) is 13.3. The van der Waals surface area contributed by atoms with Gasteiger partial charge in [-0.05, 0) is 81.4 Å². The average molecular weight is 558 g/mol. The van der Waals surface area contributed by atoms with Crippen LogP contribution in [-0.2, 0) is 19.6 Å². The van der Waals surface area contributed by atoms with Crippen LogP contribution in [0.2, 0.25) is 0 Å². The van der Waals surface area contributed by atoms with Crippen LogP contribution in [0.5, 0.6) is 5.75 Å². The molecule has 8 nitrogen and oxygen atoms in total. The van der Waals surface area contributed by atoms with E-state index >= 15 is 0 Å². The molecular formula is C30H43N3O5S. The first kappa shape index (κ1) is 29.5. The molecule has 2 fully saturated rings. The molecule has 2 unspecified atom stereocenters. The van der Waals surface area contributed by atoms with E-state index in [2.05, 4.69) is 17.0 Å². The van der Waals surface area contributed by atoms with Crippen LogP contribution in [0.1, 0.15) is 54.8 Å². The minimum absolute atomic E-state index is 0.0621. The Labute approximate surface area is 233 Å². The molecule has 214 valence electrons. The summed E-state index contributed by atoms with van der Waals surface area (Å²) < 4.78 is 40.4. The summed E-state index contributed by atoms with van der Waals surface area (Å²) in [4.78, 5) is 17.8. The number of amides is 1. The first-order chi connectivity index (χ1) is 18.7. The van der Waals surface area contributed by atoms with Crippen LogP contribution in [-0.4, -0.2) is 88.0 Å². The number of methoxy groups -OCH3 is 1. The number of piperidine rings is 1. The minimum atomic E-state index is -3.73. The summed E-state index contributed by atoms with van der Waals surface area (Å²) in [5.41, 5.74) is 2.44. The van der Waals surface area contributed by atoms with Gasteiger partial charge in [0.25, 0.3) is 0 Å². The summed E-state index contributed by atoms with van der Waals surface area (Å²) in [5.74, 6) is 0.541. The second-order valence-corrected chi connectivity index (χ2v) is 12.6. The molecule has 39 heavy (non-hydrogen) atoms. The van der Waals surface area contributed by atoms with Gasteiger partial charge in [0.1, 0.15) is 12.4 Å². The fourth-order valence-corrected chi connectivity index (χ4v) is 8.00. The number of hydrogen-bond donors (Lipinski definition) is 0. The van der Waals surface area contributed by atoms with Crippen LogP contribution in [0.4, 0.5) is 0 Å². The molecule has 0 N–H and O–H groups in total. The largest absolute Gasteiger partial charge is 0.497 e. The van der Waals surface area contributed by atoms with Crippen LogP contribution in [0.3, 0.4) is 0 Å².